The van der Waals surface area contributed by atoms with Crippen molar-refractivity contribution in [3.05, 3.63) is 0 Å². The molecule has 2 fully saturated rings. The summed E-state index contributed by atoms with van der Waals surface area (Å²) in [6.07, 6.45) is 1.43. The number of carbonyl (C=O) groups excluding carboxylic acids is 2. The minimum atomic E-state index is -0.216. The monoisotopic (exact) mass is 331 g/mol. The van der Waals surface area contributed by atoms with Crippen molar-refractivity contribution < 1.29 is 14.3 Å². The number of amides is 2. The molecule has 21 heavy (non-hydrogen) atoms. The molecule has 2 aliphatic heterocycles. The molecule has 0 bridgehead atoms. The van der Waals surface area contributed by atoms with Gasteiger partial charge in [-0.15, -0.1) is 0 Å². The molecule has 2 heterocycles. The number of nitrogens with zero attached hydrogens (tertiary/aromatic N) is 3. The van der Waals surface area contributed by atoms with Crippen LogP contribution in [0.5, 0.6) is 0 Å². The van der Waals surface area contributed by atoms with E-state index in [-0.39, 0.29) is 18.0 Å². The highest BCUT2D eigenvalue weighted by Crippen LogP contribution is 2.20. The van der Waals surface area contributed by atoms with Gasteiger partial charge in [0.15, 0.2) is 0 Å². The van der Waals surface area contributed by atoms with E-state index in [2.05, 4.69) is 0 Å². The maximum absolute atomic E-state index is 12.1. The average Bonchev–Trinajstić information content (AvgIpc) is 2.90. The first-order chi connectivity index (χ1) is 9.99. The second-order valence-electron chi connectivity index (χ2n) is 5.37. The maximum Gasteiger partial charge on any atom is 0.410 e. The summed E-state index contributed by atoms with van der Waals surface area (Å²) < 4.78 is 5.68. The zero-order valence-corrected chi connectivity index (χ0v) is 14.0. The van der Waals surface area contributed by atoms with Crippen LogP contribution in [-0.2, 0) is 9.53 Å². The molecular formula is C13H21N3O3S2. The number of rotatable bonds is 3. The Hall–Kier alpha value is -1.02. The van der Waals surface area contributed by atoms with Gasteiger partial charge in [-0.1, -0.05) is 24.0 Å². The fourth-order valence-electron chi connectivity index (χ4n) is 2.51. The Morgan fingerprint density at radius 3 is 2.57 bits per heavy atom. The van der Waals surface area contributed by atoms with Crippen molar-refractivity contribution in [3.8, 4) is 0 Å². The smallest absolute Gasteiger partial charge is 0.410 e. The summed E-state index contributed by atoms with van der Waals surface area (Å²) in [5, 5.41) is 0. The van der Waals surface area contributed by atoms with Crippen molar-refractivity contribution in [2.75, 3.05) is 46.1 Å². The zero-order valence-electron chi connectivity index (χ0n) is 12.4. The van der Waals surface area contributed by atoms with Gasteiger partial charge >= 0.3 is 6.09 Å². The van der Waals surface area contributed by atoms with Crippen LogP contribution in [0.4, 0.5) is 4.79 Å². The number of ether oxygens (including phenoxy) is 1. The largest absolute Gasteiger partial charge is 0.448 e. The van der Waals surface area contributed by atoms with Crippen LogP contribution in [0.15, 0.2) is 0 Å². The van der Waals surface area contributed by atoms with Crippen molar-refractivity contribution >= 4 is 40.3 Å². The van der Waals surface area contributed by atoms with Crippen molar-refractivity contribution in [1.29, 1.82) is 0 Å². The van der Waals surface area contributed by atoms with E-state index in [9.17, 15) is 9.59 Å². The van der Waals surface area contributed by atoms with Crippen LogP contribution in [0, 0.1) is 0 Å². The first-order valence-electron chi connectivity index (χ1n) is 7.04. The van der Waals surface area contributed by atoms with Crippen LogP contribution in [0.1, 0.15) is 12.8 Å². The van der Waals surface area contributed by atoms with E-state index >= 15 is 0 Å². The molecule has 0 N–H and O–H groups in total. The fourth-order valence-corrected chi connectivity index (χ4v) is 3.37. The molecule has 0 saturated carbocycles. The first-order valence-corrected chi connectivity index (χ1v) is 8.43. The van der Waals surface area contributed by atoms with E-state index in [0.29, 0.717) is 32.0 Å². The topological polar surface area (TPSA) is 53.1 Å². The van der Waals surface area contributed by atoms with E-state index in [1.54, 1.807) is 4.90 Å². The van der Waals surface area contributed by atoms with Crippen LogP contribution in [0.2, 0.25) is 0 Å². The van der Waals surface area contributed by atoms with Gasteiger partial charge in [-0.05, 0) is 12.8 Å². The summed E-state index contributed by atoms with van der Waals surface area (Å²) in [5.41, 5.74) is 0. The van der Waals surface area contributed by atoms with Gasteiger partial charge in [0.05, 0.1) is 12.3 Å². The summed E-state index contributed by atoms with van der Waals surface area (Å²) in [5.74, 6) is 0.500. The SMILES string of the molecule is CN(C)C(=S)SCC(=O)N1CCC(N2CCOC2=O)CC1. The van der Waals surface area contributed by atoms with Crippen LogP contribution in [0.3, 0.4) is 0 Å². The standard InChI is InChI=1S/C13H21N3O3S2/c1-14(2)13(20)21-9-11(17)15-5-3-10(4-6-15)16-7-8-19-12(16)18/h10H,3-9H2,1-2H3. The fraction of sp³-hybridized carbons (Fsp3) is 0.769. The molecule has 0 spiro atoms. The third-order valence-corrected chi connectivity index (χ3v) is 5.46. The maximum atomic E-state index is 12.1. The second kappa shape index (κ2) is 7.31. The molecule has 8 heteroatoms. The Kier molecular flexibility index (Phi) is 5.69. The van der Waals surface area contributed by atoms with Gasteiger partial charge in [0, 0.05) is 33.2 Å². The number of hydrogen-bond acceptors (Lipinski definition) is 5. The van der Waals surface area contributed by atoms with Crippen molar-refractivity contribution in [2.24, 2.45) is 0 Å². The van der Waals surface area contributed by atoms with Crippen LogP contribution in [-0.4, -0.2) is 83.2 Å². The summed E-state index contributed by atoms with van der Waals surface area (Å²) in [6, 6.07) is 0.208. The van der Waals surface area contributed by atoms with Crippen molar-refractivity contribution in [3.63, 3.8) is 0 Å². The van der Waals surface area contributed by atoms with Crippen LogP contribution < -0.4 is 0 Å². The molecule has 118 valence electrons. The molecule has 0 aliphatic carbocycles. The molecule has 0 atom stereocenters. The summed E-state index contributed by atoms with van der Waals surface area (Å²) in [6.45, 7) is 2.55. The summed E-state index contributed by atoms with van der Waals surface area (Å²) in [4.78, 5) is 29.2. The number of hydrogen-bond donors (Lipinski definition) is 0. The molecular weight excluding hydrogens is 310 g/mol. The highest BCUT2D eigenvalue weighted by atomic mass is 32.2. The number of thioether (sulfide) groups is 1. The minimum absolute atomic E-state index is 0.117. The number of likely N-dealkylation sites (tertiary alicyclic amines) is 1. The van der Waals surface area contributed by atoms with Gasteiger partial charge < -0.3 is 19.4 Å². The molecule has 0 unspecified atom stereocenters. The quantitative estimate of drug-likeness (QED) is 0.720. The van der Waals surface area contributed by atoms with Gasteiger partial charge in [0.2, 0.25) is 5.91 Å². The molecule has 0 aromatic rings. The number of piperidine rings is 1. The lowest BCUT2D eigenvalue weighted by molar-refractivity contribution is -0.129. The lowest BCUT2D eigenvalue weighted by Crippen LogP contribution is -2.47. The Bertz CT molecular complexity index is 423. The minimum Gasteiger partial charge on any atom is -0.448 e. The zero-order chi connectivity index (χ0) is 15.4. The molecule has 2 amide bonds. The van der Waals surface area contributed by atoms with Crippen molar-refractivity contribution in [1.82, 2.24) is 14.7 Å². The molecule has 2 saturated heterocycles. The summed E-state index contributed by atoms with van der Waals surface area (Å²) >= 11 is 6.56. The molecule has 2 rings (SSSR count). The van der Waals surface area contributed by atoms with E-state index in [1.165, 1.54) is 11.8 Å². The Morgan fingerprint density at radius 1 is 1.38 bits per heavy atom. The van der Waals surface area contributed by atoms with E-state index < -0.39 is 0 Å². The molecule has 0 aromatic carbocycles. The summed E-state index contributed by atoms with van der Waals surface area (Å²) in [7, 11) is 3.75. The predicted molar refractivity (Wildman–Crippen MR) is 86.4 cm³/mol. The third-order valence-electron chi connectivity index (χ3n) is 3.73. The Balaban J connectivity index is 1.74. The Morgan fingerprint density at radius 2 is 2.05 bits per heavy atom. The highest BCUT2D eigenvalue weighted by molar-refractivity contribution is 8.23. The van der Waals surface area contributed by atoms with Gasteiger partial charge in [0.25, 0.3) is 0 Å². The van der Waals surface area contributed by atoms with Gasteiger partial charge in [-0.3, -0.25) is 4.79 Å². The lowest BCUT2D eigenvalue weighted by atomic mass is 10.0. The predicted octanol–water partition coefficient (Wildman–Crippen LogP) is 1.01. The second-order valence-corrected chi connectivity index (χ2v) is 6.98. The van der Waals surface area contributed by atoms with Gasteiger partial charge in [-0.2, -0.15) is 0 Å². The van der Waals surface area contributed by atoms with Crippen molar-refractivity contribution in [2.45, 2.75) is 18.9 Å². The number of cyclic esters (lactones) is 1. The average molecular weight is 331 g/mol. The molecule has 6 nitrogen and oxygen atoms in total. The van der Waals surface area contributed by atoms with Gasteiger partial charge in [-0.25, -0.2) is 4.79 Å². The van der Waals surface area contributed by atoms with E-state index in [4.69, 9.17) is 17.0 Å². The first kappa shape index (κ1) is 16.4. The number of carbonyl (C=O) groups is 2. The molecule has 2 aliphatic rings. The van der Waals surface area contributed by atoms with Crippen LogP contribution in [0.25, 0.3) is 0 Å². The van der Waals surface area contributed by atoms with E-state index in [1.807, 2.05) is 23.9 Å². The van der Waals surface area contributed by atoms with E-state index in [0.717, 1.165) is 17.2 Å². The third kappa shape index (κ3) is 4.23. The van der Waals surface area contributed by atoms with Gasteiger partial charge in [0.1, 0.15) is 10.9 Å². The van der Waals surface area contributed by atoms with Crippen LogP contribution >= 0.6 is 24.0 Å². The normalized spacial score (nSPS) is 19.6. The highest BCUT2D eigenvalue weighted by Gasteiger charge is 2.33. The molecule has 0 aromatic heterocycles. The number of thiocarbonyl (C=S) groups is 1. The Labute approximate surface area is 134 Å². The molecule has 0 radical (unpaired) electrons. The lowest BCUT2D eigenvalue weighted by Gasteiger charge is -2.35.